The van der Waals surface area contributed by atoms with Gasteiger partial charge in [-0.25, -0.2) is 4.79 Å². The van der Waals surface area contributed by atoms with Gasteiger partial charge in [0.1, 0.15) is 5.54 Å². The Kier molecular flexibility index (Phi) is 5.04. The van der Waals surface area contributed by atoms with Gasteiger partial charge < -0.3 is 10.4 Å². The summed E-state index contributed by atoms with van der Waals surface area (Å²) in [6.45, 7) is 1.91. The lowest BCUT2D eigenvalue weighted by Crippen LogP contribution is -2.60. The number of halogens is 1. The van der Waals surface area contributed by atoms with Crippen molar-refractivity contribution >= 4 is 27.8 Å². The monoisotopic (exact) mass is 353 g/mol. The third-order valence-electron chi connectivity index (χ3n) is 4.32. The molecule has 0 heterocycles. The van der Waals surface area contributed by atoms with E-state index < -0.39 is 11.5 Å². The van der Waals surface area contributed by atoms with Crippen molar-refractivity contribution in [2.45, 2.75) is 44.6 Å². The summed E-state index contributed by atoms with van der Waals surface area (Å²) in [5, 5.41) is 12.4. The zero-order valence-corrected chi connectivity index (χ0v) is 13.6. The largest absolute Gasteiger partial charge is 0.479 e. The average molecular weight is 354 g/mol. The third kappa shape index (κ3) is 3.64. The van der Waals surface area contributed by atoms with Gasteiger partial charge in [0.15, 0.2) is 0 Å². The predicted molar refractivity (Wildman–Crippen MR) is 84.0 cm³/mol. The van der Waals surface area contributed by atoms with Crippen molar-refractivity contribution in [2.75, 3.05) is 0 Å². The van der Waals surface area contributed by atoms with Crippen LogP contribution in [-0.2, 0) is 16.0 Å². The Bertz CT molecular complexity index is 529. The second-order valence-electron chi connectivity index (χ2n) is 5.77. The summed E-state index contributed by atoms with van der Waals surface area (Å²) in [7, 11) is 0. The molecule has 0 aromatic heterocycles. The zero-order valence-electron chi connectivity index (χ0n) is 12.1. The summed E-state index contributed by atoms with van der Waals surface area (Å²) < 4.78 is 0.953. The van der Waals surface area contributed by atoms with Crippen molar-refractivity contribution in [2.24, 2.45) is 5.92 Å². The molecule has 1 aliphatic rings. The summed E-state index contributed by atoms with van der Waals surface area (Å²) in [4.78, 5) is 23.9. The number of nitrogens with one attached hydrogen (secondary N) is 1. The van der Waals surface area contributed by atoms with Gasteiger partial charge in [-0.3, -0.25) is 4.79 Å². The molecular formula is C16H20BrNO3. The van der Waals surface area contributed by atoms with Crippen LogP contribution >= 0.6 is 15.9 Å². The Labute approximate surface area is 133 Å². The maximum Gasteiger partial charge on any atom is 0.329 e. The Hall–Kier alpha value is -1.36. The summed E-state index contributed by atoms with van der Waals surface area (Å²) in [5.41, 5.74) is -0.232. The molecule has 5 heteroatoms. The normalized spacial score (nSPS) is 25.3. The number of rotatable bonds is 4. The first-order valence-electron chi connectivity index (χ1n) is 7.23. The van der Waals surface area contributed by atoms with Gasteiger partial charge in [-0.15, -0.1) is 0 Å². The summed E-state index contributed by atoms with van der Waals surface area (Å²) in [5.74, 6) is -1.19. The topological polar surface area (TPSA) is 66.4 Å². The van der Waals surface area contributed by atoms with E-state index in [0.29, 0.717) is 6.42 Å². The van der Waals surface area contributed by atoms with Crippen LogP contribution in [0.5, 0.6) is 0 Å². The number of benzene rings is 1. The molecule has 1 saturated carbocycles. The van der Waals surface area contributed by atoms with E-state index in [0.717, 1.165) is 29.3 Å². The fraction of sp³-hybridized carbons (Fsp3) is 0.500. The minimum Gasteiger partial charge on any atom is -0.479 e. The number of carbonyl (C=O) groups is 2. The Balaban J connectivity index is 2.08. The summed E-state index contributed by atoms with van der Waals surface area (Å²) in [6.07, 6.45) is 3.42. The molecule has 2 atom stereocenters. The van der Waals surface area contributed by atoms with E-state index in [9.17, 15) is 14.7 Å². The van der Waals surface area contributed by atoms with E-state index in [1.54, 1.807) is 0 Å². The Morgan fingerprint density at radius 1 is 1.33 bits per heavy atom. The van der Waals surface area contributed by atoms with Gasteiger partial charge in [0.2, 0.25) is 5.91 Å². The molecule has 0 saturated heterocycles. The van der Waals surface area contributed by atoms with Gasteiger partial charge >= 0.3 is 5.97 Å². The van der Waals surface area contributed by atoms with E-state index in [1.807, 2.05) is 31.2 Å². The second kappa shape index (κ2) is 6.60. The van der Waals surface area contributed by atoms with Gasteiger partial charge in [0, 0.05) is 4.47 Å². The second-order valence-corrected chi connectivity index (χ2v) is 6.69. The highest BCUT2D eigenvalue weighted by Gasteiger charge is 2.46. The number of hydrogen-bond acceptors (Lipinski definition) is 2. The molecule has 0 spiro atoms. The van der Waals surface area contributed by atoms with E-state index in [4.69, 9.17) is 0 Å². The maximum atomic E-state index is 12.2. The number of carboxylic acids is 1. The Morgan fingerprint density at radius 2 is 2.00 bits per heavy atom. The van der Waals surface area contributed by atoms with Crippen LogP contribution in [0.1, 0.15) is 38.2 Å². The van der Waals surface area contributed by atoms with E-state index in [-0.39, 0.29) is 18.2 Å². The molecule has 21 heavy (non-hydrogen) atoms. The van der Waals surface area contributed by atoms with Gasteiger partial charge in [0.05, 0.1) is 6.42 Å². The first-order valence-corrected chi connectivity index (χ1v) is 8.02. The van der Waals surface area contributed by atoms with Crippen LogP contribution in [0, 0.1) is 5.92 Å². The molecule has 1 aliphatic carbocycles. The molecule has 1 aromatic carbocycles. The van der Waals surface area contributed by atoms with Crippen LogP contribution in [0.4, 0.5) is 0 Å². The molecule has 2 unspecified atom stereocenters. The van der Waals surface area contributed by atoms with Crippen molar-refractivity contribution in [3.63, 3.8) is 0 Å². The molecule has 0 radical (unpaired) electrons. The maximum absolute atomic E-state index is 12.2. The molecule has 2 N–H and O–H groups in total. The van der Waals surface area contributed by atoms with Gasteiger partial charge in [-0.05, 0) is 36.5 Å². The highest BCUT2D eigenvalue weighted by molar-refractivity contribution is 9.10. The van der Waals surface area contributed by atoms with Crippen LogP contribution in [0.25, 0.3) is 0 Å². The average Bonchev–Trinajstić information content (AvgIpc) is 2.44. The first kappa shape index (κ1) is 16.0. The van der Waals surface area contributed by atoms with Gasteiger partial charge in [-0.2, -0.15) is 0 Å². The highest BCUT2D eigenvalue weighted by atomic mass is 79.9. The van der Waals surface area contributed by atoms with Crippen LogP contribution < -0.4 is 5.32 Å². The quantitative estimate of drug-likeness (QED) is 0.873. The molecule has 2 rings (SSSR count). The molecule has 4 nitrogen and oxygen atoms in total. The molecule has 1 aromatic rings. The van der Waals surface area contributed by atoms with E-state index >= 15 is 0 Å². The molecular weight excluding hydrogens is 334 g/mol. The lowest BCUT2D eigenvalue weighted by molar-refractivity contribution is -0.151. The molecule has 114 valence electrons. The standard InChI is InChI=1S/C16H20BrNO3/c1-11-4-2-3-9-16(11,15(20)21)18-14(19)10-12-5-7-13(17)8-6-12/h5-8,11H,2-4,9-10H2,1H3,(H,18,19)(H,20,21). The third-order valence-corrected chi connectivity index (χ3v) is 4.85. The van der Waals surface area contributed by atoms with Crippen molar-refractivity contribution in [1.29, 1.82) is 0 Å². The number of amides is 1. The molecule has 1 fully saturated rings. The number of hydrogen-bond donors (Lipinski definition) is 2. The van der Waals surface area contributed by atoms with Crippen LogP contribution in [0.15, 0.2) is 28.7 Å². The fourth-order valence-corrected chi connectivity index (χ4v) is 3.25. The van der Waals surface area contributed by atoms with Gasteiger partial charge in [-0.1, -0.05) is 47.8 Å². The lowest BCUT2D eigenvalue weighted by atomic mass is 9.73. The van der Waals surface area contributed by atoms with Crippen molar-refractivity contribution < 1.29 is 14.7 Å². The number of aliphatic carboxylic acids is 1. The minimum absolute atomic E-state index is 0.0439. The van der Waals surface area contributed by atoms with E-state index in [1.165, 1.54) is 0 Å². The Morgan fingerprint density at radius 3 is 2.57 bits per heavy atom. The van der Waals surface area contributed by atoms with Crippen LogP contribution in [0.2, 0.25) is 0 Å². The zero-order chi connectivity index (χ0) is 15.5. The minimum atomic E-state index is -1.11. The number of carboxylic acid groups (broad SMARTS) is 1. The van der Waals surface area contributed by atoms with Crippen LogP contribution in [-0.4, -0.2) is 22.5 Å². The lowest BCUT2D eigenvalue weighted by Gasteiger charge is -2.39. The molecule has 1 amide bonds. The predicted octanol–water partition coefficient (Wildman–Crippen LogP) is 3.14. The molecule has 0 bridgehead atoms. The fourth-order valence-electron chi connectivity index (χ4n) is 2.98. The summed E-state index contributed by atoms with van der Waals surface area (Å²) in [6, 6.07) is 7.47. The number of carbonyl (C=O) groups excluding carboxylic acids is 1. The molecule has 0 aliphatic heterocycles. The van der Waals surface area contributed by atoms with Crippen molar-refractivity contribution in [3.8, 4) is 0 Å². The first-order chi connectivity index (χ1) is 9.94. The van der Waals surface area contributed by atoms with E-state index in [2.05, 4.69) is 21.2 Å². The smallest absolute Gasteiger partial charge is 0.329 e. The SMILES string of the molecule is CC1CCCCC1(NC(=O)Cc1ccc(Br)cc1)C(=O)O. The van der Waals surface area contributed by atoms with Crippen LogP contribution in [0.3, 0.4) is 0 Å². The summed E-state index contributed by atoms with van der Waals surface area (Å²) >= 11 is 3.35. The van der Waals surface area contributed by atoms with Crippen molar-refractivity contribution in [1.82, 2.24) is 5.32 Å². The highest BCUT2D eigenvalue weighted by Crippen LogP contribution is 2.34. The van der Waals surface area contributed by atoms with Crippen molar-refractivity contribution in [3.05, 3.63) is 34.3 Å². The van der Waals surface area contributed by atoms with Gasteiger partial charge in [0.25, 0.3) is 0 Å².